The van der Waals surface area contributed by atoms with Crippen molar-refractivity contribution in [3.63, 3.8) is 0 Å². The van der Waals surface area contributed by atoms with Crippen LogP contribution < -0.4 is 10.3 Å². The van der Waals surface area contributed by atoms with Crippen molar-refractivity contribution in [2.24, 2.45) is 0 Å². The van der Waals surface area contributed by atoms with E-state index in [0.29, 0.717) is 16.6 Å². The van der Waals surface area contributed by atoms with Crippen LogP contribution in [0.4, 0.5) is 4.39 Å². The molecule has 0 aliphatic rings. The Morgan fingerprint density at radius 3 is 2.31 bits per heavy atom. The highest BCUT2D eigenvalue weighted by Gasteiger charge is 2.08. The maximum atomic E-state index is 13.1. The Kier molecular flexibility index (Phi) is 3.97. The van der Waals surface area contributed by atoms with Gasteiger partial charge in [0.25, 0.3) is 5.56 Å². The fourth-order valence-corrected chi connectivity index (χ4v) is 2.87. The molecule has 1 heterocycles. The standard InChI is InChI=1S/C21H15FN2O2/c1-26-18-9-7-17(8-10-18)24-13-23-20-12-15(4-11-19(20)21(24)25)14-2-5-16(22)6-3-14/h2-13H,1H3. The molecule has 0 spiro atoms. The third-order valence-electron chi connectivity index (χ3n) is 4.29. The summed E-state index contributed by atoms with van der Waals surface area (Å²) in [4.78, 5) is 17.2. The smallest absolute Gasteiger partial charge is 0.265 e. The predicted octanol–water partition coefficient (Wildman–Crippen LogP) is 4.20. The molecule has 0 saturated heterocycles. The molecule has 1 aromatic heterocycles. The zero-order valence-electron chi connectivity index (χ0n) is 14.0. The highest BCUT2D eigenvalue weighted by atomic mass is 19.1. The van der Waals surface area contributed by atoms with Gasteiger partial charge >= 0.3 is 0 Å². The number of fused-ring (bicyclic) bond motifs is 1. The van der Waals surface area contributed by atoms with E-state index in [-0.39, 0.29) is 11.4 Å². The normalized spacial score (nSPS) is 10.8. The first kappa shape index (κ1) is 16.0. The van der Waals surface area contributed by atoms with Gasteiger partial charge < -0.3 is 4.74 Å². The van der Waals surface area contributed by atoms with Gasteiger partial charge in [0.2, 0.25) is 0 Å². The van der Waals surface area contributed by atoms with E-state index < -0.39 is 0 Å². The summed E-state index contributed by atoms with van der Waals surface area (Å²) in [6, 6.07) is 18.9. The molecule has 0 atom stereocenters. The summed E-state index contributed by atoms with van der Waals surface area (Å²) in [6.45, 7) is 0. The van der Waals surface area contributed by atoms with Crippen molar-refractivity contribution in [1.82, 2.24) is 9.55 Å². The summed E-state index contributed by atoms with van der Waals surface area (Å²) in [5, 5.41) is 0.522. The van der Waals surface area contributed by atoms with E-state index in [1.54, 1.807) is 49.6 Å². The highest BCUT2D eigenvalue weighted by molar-refractivity contribution is 5.83. The van der Waals surface area contributed by atoms with Crippen LogP contribution in [0.25, 0.3) is 27.7 Å². The molecule has 0 aliphatic carbocycles. The van der Waals surface area contributed by atoms with Crippen LogP contribution >= 0.6 is 0 Å². The average Bonchev–Trinajstić information content (AvgIpc) is 2.69. The molecule has 0 unspecified atom stereocenters. The minimum Gasteiger partial charge on any atom is -0.497 e. The summed E-state index contributed by atoms with van der Waals surface area (Å²) in [7, 11) is 1.59. The minimum atomic E-state index is -0.282. The van der Waals surface area contributed by atoms with Gasteiger partial charge in [-0.25, -0.2) is 9.37 Å². The monoisotopic (exact) mass is 346 g/mol. The molecule has 4 aromatic rings. The summed E-state index contributed by atoms with van der Waals surface area (Å²) in [6.07, 6.45) is 1.51. The van der Waals surface area contributed by atoms with Gasteiger partial charge in [-0.3, -0.25) is 9.36 Å². The largest absolute Gasteiger partial charge is 0.497 e. The van der Waals surface area contributed by atoms with E-state index in [1.807, 2.05) is 12.1 Å². The third kappa shape index (κ3) is 2.84. The van der Waals surface area contributed by atoms with Gasteiger partial charge in [-0.2, -0.15) is 0 Å². The molecule has 0 bridgehead atoms. The molecule has 0 amide bonds. The lowest BCUT2D eigenvalue weighted by Crippen LogP contribution is -2.18. The lowest BCUT2D eigenvalue weighted by atomic mass is 10.0. The van der Waals surface area contributed by atoms with E-state index in [2.05, 4.69) is 4.98 Å². The average molecular weight is 346 g/mol. The fourth-order valence-electron chi connectivity index (χ4n) is 2.87. The van der Waals surface area contributed by atoms with Gasteiger partial charge in [-0.1, -0.05) is 18.2 Å². The number of hydrogen-bond acceptors (Lipinski definition) is 3. The number of halogens is 1. The molecule has 0 fully saturated rings. The van der Waals surface area contributed by atoms with Gasteiger partial charge in [0.05, 0.1) is 23.7 Å². The molecule has 4 nitrogen and oxygen atoms in total. The van der Waals surface area contributed by atoms with Crippen molar-refractivity contribution < 1.29 is 9.13 Å². The first-order valence-electron chi connectivity index (χ1n) is 8.07. The summed E-state index contributed by atoms with van der Waals surface area (Å²) >= 11 is 0. The van der Waals surface area contributed by atoms with Crippen LogP contribution in [0.3, 0.4) is 0 Å². The van der Waals surface area contributed by atoms with Crippen LogP contribution in [0.2, 0.25) is 0 Å². The van der Waals surface area contributed by atoms with Crippen molar-refractivity contribution in [3.8, 4) is 22.6 Å². The number of nitrogens with zero attached hydrogens (tertiary/aromatic N) is 2. The second-order valence-electron chi connectivity index (χ2n) is 5.86. The Hall–Kier alpha value is -3.47. The molecule has 26 heavy (non-hydrogen) atoms. The molecule has 0 saturated carbocycles. The fraction of sp³-hybridized carbons (Fsp3) is 0.0476. The maximum Gasteiger partial charge on any atom is 0.265 e. The lowest BCUT2D eigenvalue weighted by Gasteiger charge is -2.09. The SMILES string of the molecule is COc1ccc(-n2cnc3cc(-c4ccc(F)cc4)ccc3c2=O)cc1. The summed E-state index contributed by atoms with van der Waals surface area (Å²) in [5.74, 6) is 0.439. The van der Waals surface area contributed by atoms with Crippen molar-refractivity contribution >= 4 is 10.9 Å². The second-order valence-corrected chi connectivity index (χ2v) is 5.86. The zero-order valence-corrected chi connectivity index (χ0v) is 14.0. The number of methoxy groups -OCH3 is 1. The Balaban J connectivity index is 1.79. The van der Waals surface area contributed by atoms with Crippen LogP contribution in [0.1, 0.15) is 0 Å². The lowest BCUT2D eigenvalue weighted by molar-refractivity contribution is 0.414. The quantitative estimate of drug-likeness (QED) is 0.558. The molecular weight excluding hydrogens is 331 g/mol. The van der Waals surface area contributed by atoms with Crippen molar-refractivity contribution in [2.45, 2.75) is 0 Å². The second kappa shape index (κ2) is 6.44. The third-order valence-corrected chi connectivity index (χ3v) is 4.29. The van der Waals surface area contributed by atoms with Gasteiger partial charge in [0.15, 0.2) is 0 Å². The molecule has 0 aliphatic heterocycles. The molecule has 3 aromatic carbocycles. The molecular formula is C21H15FN2O2. The van der Waals surface area contributed by atoms with Crippen molar-refractivity contribution in [2.75, 3.05) is 7.11 Å². The molecule has 0 radical (unpaired) electrons. The molecule has 0 N–H and O–H groups in total. The van der Waals surface area contributed by atoms with Crippen LogP contribution in [-0.4, -0.2) is 16.7 Å². The number of hydrogen-bond donors (Lipinski definition) is 0. The predicted molar refractivity (Wildman–Crippen MR) is 99.3 cm³/mol. The van der Waals surface area contributed by atoms with E-state index >= 15 is 0 Å². The highest BCUT2D eigenvalue weighted by Crippen LogP contribution is 2.23. The van der Waals surface area contributed by atoms with E-state index in [0.717, 1.165) is 16.9 Å². The first-order valence-corrected chi connectivity index (χ1v) is 8.07. The Morgan fingerprint density at radius 2 is 1.62 bits per heavy atom. The Labute approximate surface area is 149 Å². The van der Waals surface area contributed by atoms with Gasteiger partial charge in [0.1, 0.15) is 17.9 Å². The van der Waals surface area contributed by atoms with E-state index in [9.17, 15) is 9.18 Å². The number of ether oxygens (including phenoxy) is 1. The first-order chi connectivity index (χ1) is 12.7. The zero-order chi connectivity index (χ0) is 18.1. The number of aromatic nitrogens is 2. The van der Waals surface area contributed by atoms with E-state index in [1.165, 1.54) is 23.0 Å². The molecule has 5 heteroatoms. The number of rotatable bonds is 3. The van der Waals surface area contributed by atoms with Crippen LogP contribution in [0.5, 0.6) is 5.75 Å². The summed E-state index contributed by atoms with van der Waals surface area (Å²) in [5.41, 5.74) is 2.92. The van der Waals surface area contributed by atoms with Crippen LogP contribution in [-0.2, 0) is 0 Å². The minimum absolute atomic E-state index is 0.147. The van der Waals surface area contributed by atoms with Gasteiger partial charge in [0, 0.05) is 0 Å². The molecule has 4 rings (SSSR count). The maximum absolute atomic E-state index is 13.1. The number of benzene rings is 3. The Morgan fingerprint density at radius 1 is 0.923 bits per heavy atom. The van der Waals surface area contributed by atoms with Gasteiger partial charge in [-0.15, -0.1) is 0 Å². The summed E-state index contributed by atoms with van der Waals surface area (Å²) < 4.78 is 19.7. The topological polar surface area (TPSA) is 44.1 Å². The van der Waals surface area contributed by atoms with Crippen LogP contribution in [0, 0.1) is 5.82 Å². The Bertz CT molecular complexity index is 1130. The molecule has 128 valence electrons. The van der Waals surface area contributed by atoms with Gasteiger partial charge in [-0.05, 0) is 59.7 Å². The van der Waals surface area contributed by atoms with Crippen molar-refractivity contribution in [1.29, 1.82) is 0 Å². The van der Waals surface area contributed by atoms with Crippen molar-refractivity contribution in [3.05, 3.63) is 89.2 Å². The van der Waals surface area contributed by atoms with Crippen LogP contribution in [0.15, 0.2) is 77.9 Å². The van der Waals surface area contributed by atoms with E-state index in [4.69, 9.17) is 4.74 Å².